The van der Waals surface area contributed by atoms with E-state index in [0.29, 0.717) is 6.61 Å². The van der Waals surface area contributed by atoms with Gasteiger partial charge < -0.3 is 4.84 Å². The van der Waals surface area contributed by atoms with Crippen molar-refractivity contribution in [3.05, 3.63) is 56.5 Å². The normalized spacial score (nSPS) is 10.7. The van der Waals surface area contributed by atoms with E-state index in [1.165, 1.54) is 29.7 Å². The van der Waals surface area contributed by atoms with Gasteiger partial charge in [0, 0.05) is 17.5 Å². The Morgan fingerprint density at radius 2 is 2.22 bits per heavy atom. The van der Waals surface area contributed by atoms with E-state index >= 15 is 0 Å². The van der Waals surface area contributed by atoms with E-state index in [9.17, 15) is 10.1 Å². The highest BCUT2D eigenvalue weighted by molar-refractivity contribution is 7.07. The van der Waals surface area contributed by atoms with Gasteiger partial charge in [0.05, 0.1) is 22.3 Å². The number of rotatable bonds is 5. The van der Waals surface area contributed by atoms with Crippen LogP contribution >= 0.6 is 11.3 Å². The van der Waals surface area contributed by atoms with Gasteiger partial charge in [-0.05, 0) is 17.7 Å². The molecule has 0 unspecified atom stereocenters. The van der Waals surface area contributed by atoms with Gasteiger partial charge in [0.1, 0.15) is 0 Å². The molecule has 7 heteroatoms. The fraction of sp³-hybridized carbons (Fsp3) is 0.0909. The number of aromatic nitrogens is 1. The van der Waals surface area contributed by atoms with Gasteiger partial charge in [-0.3, -0.25) is 10.1 Å². The van der Waals surface area contributed by atoms with Gasteiger partial charge in [-0.1, -0.05) is 5.16 Å². The number of thiazole rings is 1. The Morgan fingerprint density at radius 3 is 2.83 bits per heavy atom. The molecule has 6 nitrogen and oxygen atoms in total. The Labute approximate surface area is 107 Å². The highest BCUT2D eigenvalue weighted by Gasteiger charge is 2.02. The van der Waals surface area contributed by atoms with Crippen molar-refractivity contribution in [3.8, 4) is 0 Å². The highest BCUT2D eigenvalue weighted by atomic mass is 32.1. The molecular formula is C11H9N3O3S. The van der Waals surface area contributed by atoms with Crippen LogP contribution in [0.3, 0.4) is 0 Å². The topological polar surface area (TPSA) is 77.6 Å². The lowest BCUT2D eigenvalue weighted by Crippen LogP contribution is -1.90. The lowest BCUT2D eigenvalue weighted by molar-refractivity contribution is -0.384. The largest absolute Gasteiger partial charge is 0.389 e. The van der Waals surface area contributed by atoms with Gasteiger partial charge in [-0.2, -0.15) is 0 Å². The molecule has 0 amide bonds. The van der Waals surface area contributed by atoms with E-state index in [0.717, 1.165) is 11.3 Å². The molecule has 0 aliphatic carbocycles. The van der Waals surface area contributed by atoms with E-state index in [4.69, 9.17) is 4.84 Å². The number of nitrogens with zero attached hydrogens (tertiary/aromatic N) is 3. The average molecular weight is 263 g/mol. The summed E-state index contributed by atoms with van der Waals surface area (Å²) in [5.74, 6) is 0. The molecule has 0 saturated heterocycles. The maximum Gasteiger partial charge on any atom is 0.269 e. The number of benzene rings is 1. The van der Waals surface area contributed by atoms with Crippen LogP contribution in [0.1, 0.15) is 11.3 Å². The lowest BCUT2D eigenvalue weighted by Gasteiger charge is -1.95. The molecule has 0 atom stereocenters. The molecule has 1 aromatic heterocycles. The van der Waals surface area contributed by atoms with Crippen molar-refractivity contribution in [2.24, 2.45) is 5.16 Å². The number of oxime groups is 1. The molecule has 18 heavy (non-hydrogen) atoms. The van der Waals surface area contributed by atoms with Crippen molar-refractivity contribution >= 4 is 23.2 Å². The van der Waals surface area contributed by atoms with Crippen LogP contribution in [0.4, 0.5) is 5.69 Å². The van der Waals surface area contributed by atoms with E-state index in [1.54, 1.807) is 17.6 Å². The molecule has 0 saturated carbocycles. The van der Waals surface area contributed by atoms with Crippen molar-refractivity contribution in [2.45, 2.75) is 6.61 Å². The van der Waals surface area contributed by atoms with Crippen molar-refractivity contribution in [1.29, 1.82) is 0 Å². The first-order chi connectivity index (χ1) is 8.75. The molecule has 92 valence electrons. The lowest BCUT2D eigenvalue weighted by atomic mass is 10.2. The number of non-ortho nitro benzene ring substituents is 1. The Bertz CT molecular complexity index is 537. The Hall–Kier alpha value is -2.28. The zero-order chi connectivity index (χ0) is 12.8. The first-order valence-electron chi connectivity index (χ1n) is 5.02. The van der Waals surface area contributed by atoms with Crippen molar-refractivity contribution < 1.29 is 9.76 Å². The first-order valence-corrected chi connectivity index (χ1v) is 5.97. The van der Waals surface area contributed by atoms with E-state index in [-0.39, 0.29) is 5.69 Å². The Morgan fingerprint density at radius 1 is 1.44 bits per heavy atom. The number of nitro groups is 1. The first kappa shape index (κ1) is 12.2. The number of nitro benzene ring substituents is 1. The summed E-state index contributed by atoms with van der Waals surface area (Å²) >= 11 is 1.49. The van der Waals surface area contributed by atoms with Crippen molar-refractivity contribution in [1.82, 2.24) is 4.98 Å². The Kier molecular flexibility index (Phi) is 3.98. The van der Waals surface area contributed by atoms with Gasteiger partial charge >= 0.3 is 0 Å². The predicted octanol–water partition coefficient (Wildman–Crippen LogP) is 2.60. The molecule has 0 aliphatic heterocycles. The summed E-state index contributed by atoms with van der Waals surface area (Å²) in [5.41, 5.74) is 3.33. The third-order valence-corrected chi connectivity index (χ3v) is 2.71. The predicted molar refractivity (Wildman–Crippen MR) is 67.6 cm³/mol. The molecule has 0 bridgehead atoms. The quantitative estimate of drug-likeness (QED) is 0.472. The van der Waals surface area contributed by atoms with Gasteiger partial charge in [0.25, 0.3) is 5.69 Å². The second kappa shape index (κ2) is 5.87. The van der Waals surface area contributed by atoms with Crippen LogP contribution in [0.5, 0.6) is 0 Å². The third-order valence-electron chi connectivity index (χ3n) is 2.08. The summed E-state index contributed by atoms with van der Waals surface area (Å²) in [6.07, 6.45) is 1.50. The van der Waals surface area contributed by atoms with E-state index in [2.05, 4.69) is 10.1 Å². The van der Waals surface area contributed by atoms with Gasteiger partial charge in [0.2, 0.25) is 0 Å². The maximum atomic E-state index is 10.4. The van der Waals surface area contributed by atoms with Gasteiger partial charge in [-0.25, -0.2) is 4.98 Å². The fourth-order valence-electron chi connectivity index (χ4n) is 1.19. The van der Waals surface area contributed by atoms with Crippen molar-refractivity contribution in [2.75, 3.05) is 0 Å². The average Bonchev–Trinajstić information content (AvgIpc) is 2.88. The van der Waals surface area contributed by atoms with E-state index in [1.807, 2.05) is 5.38 Å². The zero-order valence-electron chi connectivity index (χ0n) is 9.22. The standard InChI is InChI=1S/C11H9N3O3S/c15-14(16)11-3-1-9(2-4-11)5-13-17-6-10-7-18-8-12-10/h1-5,7-8H,6H2/b13-5+. The molecule has 1 heterocycles. The molecule has 0 fully saturated rings. The zero-order valence-corrected chi connectivity index (χ0v) is 10.0. The second-order valence-electron chi connectivity index (χ2n) is 3.34. The summed E-state index contributed by atoms with van der Waals surface area (Å²) in [7, 11) is 0. The van der Waals surface area contributed by atoms with Crippen LogP contribution in [0.15, 0.2) is 40.3 Å². The summed E-state index contributed by atoms with van der Waals surface area (Å²) in [4.78, 5) is 19.1. The fourth-order valence-corrected chi connectivity index (χ4v) is 1.74. The molecule has 0 spiro atoms. The molecule has 2 aromatic rings. The smallest absolute Gasteiger partial charge is 0.269 e. The Balaban J connectivity index is 1.87. The molecule has 0 radical (unpaired) electrons. The monoisotopic (exact) mass is 263 g/mol. The van der Waals surface area contributed by atoms with Crippen LogP contribution in [-0.4, -0.2) is 16.1 Å². The molecule has 0 aliphatic rings. The number of hydrogen-bond donors (Lipinski definition) is 0. The summed E-state index contributed by atoms with van der Waals surface area (Å²) in [5, 5.41) is 16.1. The SMILES string of the molecule is O=[N+]([O-])c1ccc(/C=N/OCc2cscn2)cc1. The second-order valence-corrected chi connectivity index (χ2v) is 4.06. The van der Waals surface area contributed by atoms with E-state index < -0.39 is 4.92 Å². The van der Waals surface area contributed by atoms with Crippen molar-refractivity contribution in [3.63, 3.8) is 0 Å². The van der Waals surface area contributed by atoms with Crippen LogP contribution < -0.4 is 0 Å². The van der Waals surface area contributed by atoms with Gasteiger partial charge in [0.15, 0.2) is 6.61 Å². The third kappa shape index (κ3) is 3.36. The maximum absolute atomic E-state index is 10.4. The van der Waals surface area contributed by atoms with Crippen LogP contribution in [0.2, 0.25) is 0 Å². The minimum Gasteiger partial charge on any atom is -0.389 e. The highest BCUT2D eigenvalue weighted by Crippen LogP contribution is 2.10. The minimum atomic E-state index is -0.445. The van der Waals surface area contributed by atoms with Gasteiger partial charge in [-0.15, -0.1) is 11.3 Å². The number of hydrogen-bond acceptors (Lipinski definition) is 6. The summed E-state index contributed by atoms with van der Waals surface area (Å²) in [6.45, 7) is 0.312. The summed E-state index contributed by atoms with van der Waals surface area (Å²) < 4.78 is 0. The van der Waals surface area contributed by atoms with Crippen LogP contribution in [0, 0.1) is 10.1 Å². The molecule has 0 N–H and O–H groups in total. The van der Waals surface area contributed by atoms with Crippen LogP contribution in [-0.2, 0) is 11.4 Å². The summed E-state index contributed by atoms with van der Waals surface area (Å²) in [6, 6.07) is 6.05. The molecule has 1 aromatic carbocycles. The molecular weight excluding hydrogens is 254 g/mol. The molecule has 2 rings (SSSR count). The van der Waals surface area contributed by atoms with Crippen LogP contribution in [0.25, 0.3) is 0 Å². The minimum absolute atomic E-state index is 0.0514.